The average molecular weight is 264 g/mol. The van der Waals surface area contributed by atoms with Gasteiger partial charge in [-0.1, -0.05) is 12.1 Å². The predicted octanol–water partition coefficient (Wildman–Crippen LogP) is 1.95. The van der Waals surface area contributed by atoms with E-state index in [1.54, 1.807) is 6.08 Å². The fraction of sp³-hybridized carbons (Fsp3) is 0.357. The second kappa shape index (κ2) is 8.85. The molecule has 0 saturated carbocycles. The van der Waals surface area contributed by atoms with Crippen molar-refractivity contribution in [2.45, 2.75) is 6.92 Å². The Hall–Kier alpha value is -2.17. The second-order valence-corrected chi connectivity index (χ2v) is 3.68. The molecule has 19 heavy (non-hydrogen) atoms. The molecule has 2 N–H and O–H groups in total. The molecule has 0 saturated heterocycles. The minimum absolute atomic E-state index is 0.230. The van der Waals surface area contributed by atoms with Crippen molar-refractivity contribution >= 4 is 6.03 Å². The van der Waals surface area contributed by atoms with Crippen LogP contribution in [0.4, 0.5) is 4.79 Å². The monoisotopic (exact) mass is 264 g/mol. The van der Waals surface area contributed by atoms with Crippen molar-refractivity contribution in [3.05, 3.63) is 36.9 Å². The smallest absolute Gasteiger partial charge is 0.315 e. The van der Waals surface area contributed by atoms with Gasteiger partial charge < -0.3 is 20.1 Å². The molecule has 1 aromatic rings. The van der Waals surface area contributed by atoms with Crippen molar-refractivity contribution in [1.82, 2.24) is 10.6 Å². The Bertz CT molecular complexity index is 407. The summed E-state index contributed by atoms with van der Waals surface area (Å²) in [6.45, 7) is 7.34. The first-order chi connectivity index (χ1) is 9.26. The molecule has 0 unspecified atom stereocenters. The van der Waals surface area contributed by atoms with Crippen molar-refractivity contribution in [2.24, 2.45) is 0 Å². The number of hydrogen-bond acceptors (Lipinski definition) is 3. The van der Waals surface area contributed by atoms with Gasteiger partial charge in [0.05, 0.1) is 13.2 Å². The Labute approximate surface area is 113 Å². The lowest BCUT2D eigenvalue weighted by atomic mass is 10.3. The van der Waals surface area contributed by atoms with Gasteiger partial charge >= 0.3 is 6.03 Å². The van der Waals surface area contributed by atoms with Crippen LogP contribution >= 0.6 is 0 Å². The molecule has 2 amide bonds. The van der Waals surface area contributed by atoms with Gasteiger partial charge in [-0.25, -0.2) is 4.79 Å². The highest BCUT2D eigenvalue weighted by Gasteiger charge is 1.99. The summed E-state index contributed by atoms with van der Waals surface area (Å²) in [4.78, 5) is 11.2. The molecule has 0 radical (unpaired) electrons. The summed E-state index contributed by atoms with van der Waals surface area (Å²) in [6, 6.07) is 7.18. The zero-order valence-electron chi connectivity index (χ0n) is 11.1. The number of urea groups is 1. The summed E-state index contributed by atoms with van der Waals surface area (Å²) >= 11 is 0. The number of carbonyl (C=O) groups excluding carboxylic acids is 1. The first kappa shape index (κ1) is 14.9. The normalized spacial score (nSPS) is 9.53. The maximum Gasteiger partial charge on any atom is 0.315 e. The Kier molecular flexibility index (Phi) is 6.94. The summed E-state index contributed by atoms with van der Waals surface area (Å²) in [6.07, 6.45) is 1.62. The van der Waals surface area contributed by atoms with Crippen LogP contribution in [0.25, 0.3) is 0 Å². The van der Waals surface area contributed by atoms with E-state index in [-0.39, 0.29) is 6.03 Å². The number of nitrogens with one attached hydrogen (secondary N) is 2. The Balaban J connectivity index is 2.23. The standard InChI is InChI=1S/C14H20N2O3/c1-3-8-15-14(17)16-9-10-19-13-7-5-6-12(11-13)18-4-2/h3,5-7,11H,1,4,8-10H2,2H3,(H2,15,16,17). The van der Waals surface area contributed by atoms with Gasteiger partial charge in [0, 0.05) is 12.6 Å². The zero-order chi connectivity index (χ0) is 13.9. The average Bonchev–Trinajstić information content (AvgIpc) is 2.42. The summed E-state index contributed by atoms with van der Waals surface area (Å²) < 4.78 is 10.9. The molecule has 0 aliphatic carbocycles. The van der Waals surface area contributed by atoms with Crippen LogP contribution in [0.15, 0.2) is 36.9 Å². The van der Waals surface area contributed by atoms with E-state index >= 15 is 0 Å². The number of carbonyl (C=O) groups is 1. The molecule has 1 rings (SSSR count). The summed E-state index contributed by atoms with van der Waals surface area (Å²) in [5.41, 5.74) is 0. The number of benzene rings is 1. The third-order valence-corrected chi connectivity index (χ3v) is 2.18. The third-order valence-electron chi connectivity index (χ3n) is 2.18. The van der Waals surface area contributed by atoms with Crippen LogP contribution in [-0.4, -0.2) is 32.3 Å². The van der Waals surface area contributed by atoms with Gasteiger partial charge in [0.1, 0.15) is 18.1 Å². The van der Waals surface area contributed by atoms with Gasteiger partial charge in [-0.3, -0.25) is 0 Å². The minimum Gasteiger partial charge on any atom is -0.494 e. The summed E-state index contributed by atoms with van der Waals surface area (Å²) in [5, 5.41) is 5.29. The maximum atomic E-state index is 11.2. The van der Waals surface area contributed by atoms with E-state index in [9.17, 15) is 4.79 Å². The molecule has 0 aromatic heterocycles. The van der Waals surface area contributed by atoms with E-state index in [4.69, 9.17) is 9.47 Å². The lowest BCUT2D eigenvalue weighted by Gasteiger charge is -2.09. The molecule has 0 fully saturated rings. The van der Waals surface area contributed by atoms with Gasteiger partial charge in [-0.15, -0.1) is 6.58 Å². The van der Waals surface area contributed by atoms with Crippen molar-refractivity contribution in [2.75, 3.05) is 26.3 Å². The van der Waals surface area contributed by atoms with Crippen molar-refractivity contribution in [1.29, 1.82) is 0 Å². The molecule has 5 heteroatoms. The van der Waals surface area contributed by atoms with Crippen LogP contribution in [0.2, 0.25) is 0 Å². The van der Waals surface area contributed by atoms with E-state index in [0.717, 1.165) is 11.5 Å². The van der Waals surface area contributed by atoms with Crippen molar-refractivity contribution in [3.8, 4) is 11.5 Å². The highest BCUT2D eigenvalue weighted by atomic mass is 16.5. The molecule has 0 atom stereocenters. The highest BCUT2D eigenvalue weighted by Crippen LogP contribution is 2.18. The first-order valence-corrected chi connectivity index (χ1v) is 6.24. The molecule has 0 bridgehead atoms. The predicted molar refractivity (Wildman–Crippen MR) is 74.7 cm³/mol. The van der Waals surface area contributed by atoms with Gasteiger partial charge in [0.2, 0.25) is 0 Å². The minimum atomic E-state index is -0.230. The van der Waals surface area contributed by atoms with Gasteiger partial charge in [-0.05, 0) is 19.1 Å². The quantitative estimate of drug-likeness (QED) is 0.557. The SMILES string of the molecule is C=CCNC(=O)NCCOc1cccc(OCC)c1. The molecule has 0 aliphatic heterocycles. The van der Waals surface area contributed by atoms with Gasteiger partial charge in [0.15, 0.2) is 0 Å². The fourth-order valence-electron chi connectivity index (χ4n) is 1.38. The molecular formula is C14H20N2O3. The largest absolute Gasteiger partial charge is 0.494 e. The van der Waals surface area contributed by atoms with Gasteiger partial charge in [0.25, 0.3) is 0 Å². The first-order valence-electron chi connectivity index (χ1n) is 6.24. The lowest BCUT2D eigenvalue weighted by molar-refractivity contribution is 0.237. The van der Waals surface area contributed by atoms with Crippen molar-refractivity contribution < 1.29 is 14.3 Å². The molecule has 0 heterocycles. The van der Waals surface area contributed by atoms with E-state index < -0.39 is 0 Å². The Morgan fingerprint density at radius 3 is 2.74 bits per heavy atom. The highest BCUT2D eigenvalue weighted by molar-refractivity contribution is 5.73. The topological polar surface area (TPSA) is 59.6 Å². The van der Waals surface area contributed by atoms with Crippen LogP contribution in [0.1, 0.15) is 6.92 Å². The van der Waals surface area contributed by atoms with E-state index in [2.05, 4.69) is 17.2 Å². The summed E-state index contributed by atoms with van der Waals surface area (Å²) in [5.74, 6) is 1.50. The molecule has 104 valence electrons. The third kappa shape index (κ3) is 6.35. The van der Waals surface area contributed by atoms with Gasteiger partial charge in [-0.2, -0.15) is 0 Å². The van der Waals surface area contributed by atoms with E-state index in [1.165, 1.54) is 0 Å². The van der Waals surface area contributed by atoms with E-state index in [1.807, 2.05) is 31.2 Å². The van der Waals surface area contributed by atoms with Crippen molar-refractivity contribution in [3.63, 3.8) is 0 Å². The Morgan fingerprint density at radius 1 is 1.32 bits per heavy atom. The molecule has 5 nitrogen and oxygen atoms in total. The molecule has 0 spiro atoms. The van der Waals surface area contributed by atoms with Crippen LogP contribution in [0, 0.1) is 0 Å². The van der Waals surface area contributed by atoms with Crippen LogP contribution < -0.4 is 20.1 Å². The van der Waals surface area contributed by atoms with E-state index in [0.29, 0.717) is 26.3 Å². The maximum absolute atomic E-state index is 11.2. The molecule has 1 aromatic carbocycles. The lowest BCUT2D eigenvalue weighted by Crippen LogP contribution is -2.37. The molecular weight excluding hydrogens is 244 g/mol. The number of rotatable bonds is 8. The zero-order valence-corrected chi connectivity index (χ0v) is 11.1. The van der Waals surface area contributed by atoms with Crippen LogP contribution in [0.5, 0.6) is 11.5 Å². The Morgan fingerprint density at radius 2 is 2.05 bits per heavy atom. The number of ether oxygens (including phenoxy) is 2. The fourth-order valence-corrected chi connectivity index (χ4v) is 1.38. The summed E-state index contributed by atoms with van der Waals surface area (Å²) in [7, 11) is 0. The molecule has 0 aliphatic rings. The second-order valence-electron chi connectivity index (χ2n) is 3.68. The number of amides is 2. The number of hydrogen-bond donors (Lipinski definition) is 2. The van der Waals surface area contributed by atoms with Crippen LogP contribution in [0.3, 0.4) is 0 Å². The van der Waals surface area contributed by atoms with Crippen LogP contribution in [-0.2, 0) is 0 Å².